The molecule has 2 aromatic heterocycles. The molecule has 31 heavy (non-hydrogen) atoms. The first-order valence-electron chi connectivity index (χ1n) is 9.85. The van der Waals surface area contributed by atoms with Crippen LogP contribution in [-0.4, -0.2) is 41.4 Å². The quantitative estimate of drug-likeness (QED) is 0.378. The molecule has 1 N–H and O–H groups in total. The average molecular weight is 495 g/mol. The van der Waals surface area contributed by atoms with Crippen LogP contribution in [0.15, 0.2) is 51.0 Å². The van der Waals surface area contributed by atoms with Gasteiger partial charge in [-0.1, -0.05) is 41.7 Å². The number of thioether (sulfide) groups is 1. The third-order valence-corrected chi connectivity index (χ3v) is 10.1. The molecule has 0 radical (unpaired) electrons. The van der Waals surface area contributed by atoms with Gasteiger partial charge in [-0.25, -0.2) is 8.42 Å². The number of amides is 1. The highest BCUT2D eigenvalue weighted by Crippen LogP contribution is 2.30. The van der Waals surface area contributed by atoms with Gasteiger partial charge in [0.2, 0.25) is 15.2 Å². The van der Waals surface area contributed by atoms with E-state index in [0.717, 1.165) is 29.4 Å². The van der Waals surface area contributed by atoms with Gasteiger partial charge in [0.15, 0.2) is 4.34 Å². The molecule has 0 aliphatic carbocycles. The Kier molecular flexibility index (Phi) is 7.07. The molecule has 1 amide bonds. The van der Waals surface area contributed by atoms with E-state index in [1.54, 1.807) is 35.2 Å². The van der Waals surface area contributed by atoms with Gasteiger partial charge in [0, 0.05) is 28.8 Å². The molecule has 1 atom stereocenters. The first-order chi connectivity index (χ1) is 14.9. The van der Waals surface area contributed by atoms with Gasteiger partial charge in [0.05, 0.1) is 4.90 Å². The molecule has 7 nitrogen and oxygen atoms in total. The van der Waals surface area contributed by atoms with Crippen LogP contribution in [0.3, 0.4) is 0 Å². The van der Waals surface area contributed by atoms with Gasteiger partial charge in [-0.15, -0.1) is 21.5 Å². The lowest BCUT2D eigenvalue weighted by Crippen LogP contribution is -2.41. The van der Waals surface area contributed by atoms with Gasteiger partial charge in [0.25, 0.3) is 5.91 Å². The van der Waals surface area contributed by atoms with Crippen molar-refractivity contribution >= 4 is 55.5 Å². The molecular formula is C20H22N4O3S4. The zero-order valence-corrected chi connectivity index (χ0v) is 20.1. The van der Waals surface area contributed by atoms with Crippen molar-refractivity contribution in [1.82, 2.24) is 14.5 Å². The molecule has 1 aliphatic heterocycles. The number of aromatic nitrogens is 2. The first kappa shape index (κ1) is 22.4. The smallest absolute Gasteiger partial charge is 0.257 e. The predicted octanol–water partition coefficient (Wildman–Crippen LogP) is 4.71. The summed E-state index contributed by atoms with van der Waals surface area (Å²) in [5.74, 6) is 0.393. The maximum Gasteiger partial charge on any atom is 0.257 e. The summed E-state index contributed by atoms with van der Waals surface area (Å²) in [7, 11) is -3.64. The minimum atomic E-state index is -3.64. The summed E-state index contributed by atoms with van der Waals surface area (Å²) < 4.78 is 28.5. The minimum Gasteiger partial charge on any atom is -0.296 e. The van der Waals surface area contributed by atoms with Crippen LogP contribution < -0.4 is 5.32 Å². The van der Waals surface area contributed by atoms with Crippen LogP contribution in [0, 0.1) is 0 Å². The number of nitrogens with zero attached hydrogens (tertiary/aromatic N) is 3. The molecule has 1 aliphatic rings. The van der Waals surface area contributed by atoms with Crippen LogP contribution in [-0.2, 0) is 15.8 Å². The second kappa shape index (κ2) is 9.78. The van der Waals surface area contributed by atoms with Crippen molar-refractivity contribution in [3.8, 4) is 0 Å². The lowest BCUT2D eigenvalue weighted by atomic mass is 10.1. The topological polar surface area (TPSA) is 92.3 Å². The number of carbonyl (C=O) groups is 1. The fourth-order valence-corrected chi connectivity index (χ4v) is 7.64. The summed E-state index contributed by atoms with van der Waals surface area (Å²) in [5.41, 5.74) is 0.272. The van der Waals surface area contributed by atoms with E-state index in [0.29, 0.717) is 11.7 Å². The van der Waals surface area contributed by atoms with Crippen LogP contribution in [0.2, 0.25) is 0 Å². The Morgan fingerprint density at radius 2 is 2.13 bits per heavy atom. The number of rotatable bonds is 7. The van der Waals surface area contributed by atoms with E-state index in [9.17, 15) is 13.2 Å². The number of piperidine rings is 1. The normalized spacial score (nSPS) is 17.5. The van der Waals surface area contributed by atoms with E-state index < -0.39 is 15.9 Å². The molecular weight excluding hydrogens is 473 g/mol. The molecule has 1 saturated heterocycles. The van der Waals surface area contributed by atoms with Gasteiger partial charge >= 0.3 is 0 Å². The maximum atomic E-state index is 13.1. The Bertz CT molecular complexity index is 1140. The average Bonchev–Trinajstić information content (AvgIpc) is 3.44. The van der Waals surface area contributed by atoms with Crippen LogP contribution >= 0.6 is 34.4 Å². The molecule has 4 rings (SSSR count). The Morgan fingerprint density at radius 1 is 1.26 bits per heavy atom. The van der Waals surface area contributed by atoms with E-state index in [1.807, 2.05) is 18.4 Å². The lowest BCUT2D eigenvalue weighted by Gasteiger charge is -2.32. The summed E-state index contributed by atoms with van der Waals surface area (Å²) in [6.45, 7) is 2.44. The summed E-state index contributed by atoms with van der Waals surface area (Å²) in [4.78, 5) is 14.1. The van der Waals surface area contributed by atoms with E-state index in [1.165, 1.54) is 32.7 Å². The van der Waals surface area contributed by atoms with Crippen LogP contribution in [0.25, 0.3) is 0 Å². The number of anilines is 1. The number of hydrogen-bond acceptors (Lipinski definition) is 8. The van der Waals surface area contributed by atoms with E-state index in [4.69, 9.17) is 0 Å². The van der Waals surface area contributed by atoms with E-state index in [2.05, 4.69) is 21.6 Å². The first-order valence-corrected chi connectivity index (χ1v) is 14.0. The molecule has 3 aromatic rings. The molecule has 0 bridgehead atoms. The highest BCUT2D eigenvalue weighted by Gasteiger charge is 2.31. The van der Waals surface area contributed by atoms with Gasteiger partial charge < -0.3 is 0 Å². The van der Waals surface area contributed by atoms with Crippen molar-refractivity contribution in [1.29, 1.82) is 0 Å². The lowest BCUT2D eigenvalue weighted by molar-refractivity contribution is 0.102. The van der Waals surface area contributed by atoms with Crippen molar-refractivity contribution < 1.29 is 13.2 Å². The molecule has 164 valence electrons. The van der Waals surface area contributed by atoms with Gasteiger partial charge in [0.1, 0.15) is 0 Å². The minimum absolute atomic E-state index is 0.0391. The number of thiophene rings is 1. The molecule has 0 saturated carbocycles. The predicted molar refractivity (Wildman–Crippen MR) is 125 cm³/mol. The Balaban J connectivity index is 1.44. The second-order valence-corrected chi connectivity index (χ2v) is 12.3. The van der Waals surface area contributed by atoms with Gasteiger partial charge in [-0.05, 0) is 49.4 Å². The Labute approximate surface area is 194 Å². The SMILES string of the molecule is CC1CCCCN1S(=O)(=O)c1cccc(C(=O)Nc2nnc(SCc3cccs3)s2)c1. The number of benzene rings is 1. The standard InChI is InChI=1S/C20H22N4O3S4/c1-14-6-2-3-10-24(14)31(26,27)17-9-4-7-15(12-17)18(25)21-19-22-23-20(30-19)29-13-16-8-5-11-28-16/h4-5,7-9,11-12,14H,2-3,6,10,13H2,1H3,(H,21,22,25). The number of hydrogen-bond donors (Lipinski definition) is 1. The van der Waals surface area contributed by atoms with Gasteiger partial charge in [-0.2, -0.15) is 4.31 Å². The Morgan fingerprint density at radius 3 is 2.90 bits per heavy atom. The largest absolute Gasteiger partial charge is 0.296 e. The van der Waals surface area contributed by atoms with Crippen molar-refractivity contribution in [2.45, 2.75) is 47.2 Å². The van der Waals surface area contributed by atoms with Crippen molar-refractivity contribution in [3.63, 3.8) is 0 Å². The highest BCUT2D eigenvalue weighted by molar-refractivity contribution is 8.00. The fourth-order valence-electron chi connectivity index (χ4n) is 3.38. The summed E-state index contributed by atoms with van der Waals surface area (Å²) in [5, 5.41) is 13.3. The van der Waals surface area contributed by atoms with Crippen LogP contribution in [0.1, 0.15) is 41.4 Å². The zero-order valence-electron chi connectivity index (χ0n) is 16.9. The van der Waals surface area contributed by atoms with E-state index in [-0.39, 0.29) is 16.5 Å². The zero-order chi connectivity index (χ0) is 21.8. The number of nitrogens with one attached hydrogen (secondary N) is 1. The third kappa shape index (κ3) is 5.35. The summed E-state index contributed by atoms with van der Waals surface area (Å²) >= 11 is 4.54. The summed E-state index contributed by atoms with van der Waals surface area (Å²) in [6, 6.07) is 10.2. The van der Waals surface area contributed by atoms with E-state index >= 15 is 0 Å². The number of carbonyl (C=O) groups excluding carboxylic acids is 1. The molecule has 1 fully saturated rings. The summed E-state index contributed by atoms with van der Waals surface area (Å²) in [6.07, 6.45) is 2.74. The van der Waals surface area contributed by atoms with Crippen molar-refractivity contribution in [2.75, 3.05) is 11.9 Å². The maximum absolute atomic E-state index is 13.1. The van der Waals surface area contributed by atoms with Crippen LogP contribution in [0.5, 0.6) is 0 Å². The third-order valence-electron chi connectivity index (χ3n) is 4.99. The number of sulfonamides is 1. The molecule has 0 spiro atoms. The second-order valence-electron chi connectivity index (χ2n) is 7.18. The van der Waals surface area contributed by atoms with Crippen LogP contribution in [0.4, 0.5) is 5.13 Å². The highest BCUT2D eigenvalue weighted by atomic mass is 32.2. The molecule has 1 aromatic carbocycles. The van der Waals surface area contributed by atoms with Crippen molar-refractivity contribution in [3.05, 3.63) is 52.2 Å². The monoisotopic (exact) mass is 494 g/mol. The van der Waals surface area contributed by atoms with Crippen molar-refractivity contribution in [2.24, 2.45) is 0 Å². The Hall–Kier alpha value is -1.79. The molecule has 1 unspecified atom stereocenters. The fraction of sp³-hybridized carbons (Fsp3) is 0.350. The molecule has 3 heterocycles. The van der Waals surface area contributed by atoms with Gasteiger partial charge in [-0.3, -0.25) is 10.1 Å². The molecule has 11 heteroatoms.